The molecular formula is C10H13Br2NO2. The van der Waals surface area contributed by atoms with Crippen molar-refractivity contribution < 1.29 is 9.47 Å². The molecule has 0 radical (unpaired) electrons. The molecular weight excluding hydrogens is 326 g/mol. The van der Waals surface area contributed by atoms with Gasteiger partial charge in [0.05, 0.1) is 0 Å². The number of rotatable bonds is 5. The van der Waals surface area contributed by atoms with E-state index >= 15 is 0 Å². The van der Waals surface area contributed by atoms with Crippen molar-refractivity contribution in [3.8, 4) is 0 Å². The van der Waals surface area contributed by atoms with E-state index in [9.17, 15) is 0 Å². The zero-order valence-corrected chi connectivity index (χ0v) is 11.8. The Morgan fingerprint density at radius 2 is 1.80 bits per heavy atom. The summed E-state index contributed by atoms with van der Waals surface area (Å²) in [6.45, 7) is 5.08. The standard InChI is InChI=1S/C10H13Br2NO2/c1-3-14-10(15-4-2)7-5-6-8(11)13-9(7)12/h5-6,10H,3-4H2,1-2H3. The van der Waals surface area contributed by atoms with Crippen LogP contribution < -0.4 is 0 Å². The van der Waals surface area contributed by atoms with Crippen LogP contribution in [0.5, 0.6) is 0 Å². The normalized spacial score (nSPS) is 11.0. The minimum Gasteiger partial charge on any atom is -0.349 e. The minimum atomic E-state index is -0.352. The molecule has 1 heterocycles. The van der Waals surface area contributed by atoms with Crippen LogP contribution in [-0.4, -0.2) is 18.2 Å². The van der Waals surface area contributed by atoms with Gasteiger partial charge in [0, 0.05) is 18.8 Å². The van der Waals surface area contributed by atoms with Gasteiger partial charge in [0.15, 0.2) is 6.29 Å². The van der Waals surface area contributed by atoms with Gasteiger partial charge in [0.1, 0.15) is 9.21 Å². The van der Waals surface area contributed by atoms with Gasteiger partial charge in [-0.25, -0.2) is 4.98 Å². The molecule has 0 saturated carbocycles. The summed E-state index contributed by atoms with van der Waals surface area (Å²) in [7, 11) is 0. The molecule has 1 rings (SSSR count). The van der Waals surface area contributed by atoms with Crippen LogP contribution in [0.15, 0.2) is 21.3 Å². The Balaban J connectivity index is 2.89. The van der Waals surface area contributed by atoms with Crippen LogP contribution >= 0.6 is 31.9 Å². The molecule has 0 aliphatic rings. The number of halogens is 2. The van der Waals surface area contributed by atoms with E-state index in [1.807, 2.05) is 26.0 Å². The van der Waals surface area contributed by atoms with Crippen LogP contribution in [0.25, 0.3) is 0 Å². The van der Waals surface area contributed by atoms with Gasteiger partial charge in [0.2, 0.25) is 0 Å². The number of ether oxygens (including phenoxy) is 2. The van der Waals surface area contributed by atoms with E-state index in [4.69, 9.17) is 9.47 Å². The Hall–Kier alpha value is 0.0300. The number of hydrogen-bond donors (Lipinski definition) is 0. The third-order valence-corrected chi connectivity index (χ3v) is 2.81. The first-order valence-corrected chi connectivity index (χ1v) is 6.32. The van der Waals surface area contributed by atoms with E-state index in [-0.39, 0.29) is 6.29 Å². The van der Waals surface area contributed by atoms with Crippen LogP contribution in [0.4, 0.5) is 0 Å². The molecule has 1 aromatic heterocycles. The fourth-order valence-corrected chi connectivity index (χ4v) is 2.19. The van der Waals surface area contributed by atoms with Crippen molar-refractivity contribution in [2.45, 2.75) is 20.1 Å². The summed E-state index contributed by atoms with van der Waals surface area (Å²) >= 11 is 6.69. The van der Waals surface area contributed by atoms with Crippen LogP contribution in [0.3, 0.4) is 0 Å². The largest absolute Gasteiger partial charge is 0.349 e. The van der Waals surface area contributed by atoms with Crippen molar-refractivity contribution in [1.82, 2.24) is 4.98 Å². The maximum Gasteiger partial charge on any atom is 0.186 e. The lowest BCUT2D eigenvalue weighted by molar-refractivity contribution is -0.140. The predicted octanol–water partition coefficient (Wildman–Crippen LogP) is 3.68. The van der Waals surface area contributed by atoms with E-state index in [2.05, 4.69) is 36.8 Å². The fraction of sp³-hybridized carbons (Fsp3) is 0.500. The van der Waals surface area contributed by atoms with Crippen LogP contribution in [0.2, 0.25) is 0 Å². The molecule has 5 heteroatoms. The summed E-state index contributed by atoms with van der Waals surface area (Å²) in [5.74, 6) is 0. The van der Waals surface area contributed by atoms with Gasteiger partial charge in [0.25, 0.3) is 0 Å². The smallest absolute Gasteiger partial charge is 0.186 e. The molecule has 15 heavy (non-hydrogen) atoms. The molecule has 0 atom stereocenters. The Morgan fingerprint density at radius 3 is 2.27 bits per heavy atom. The Kier molecular flexibility index (Phi) is 5.74. The minimum absolute atomic E-state index is 0.352. The average Bonchev–Trinajstić information content (AvgIpc) is 2.17. The second-order valence-corrected chi connectivity index (χ2v) is 4.32. The van der Waals surface area contributed by atoms with E-state index in [0.29, 0.717) is 13.2 Å². The second kappa shape index (κ2) is 6.58. The zero-order chi connectivity index (χ0) is 11.3. The van der Waals surface area contributed by atoms with Gasteiger partial charge < -0.3 is 9.47 Å². The maximum atomic E-state index is 5.48. The molecule has 0 aliphatic carbocycles. The molecule has 0 unspecified atom stereocenters. The molecule has 0 aliphatic heterocycles. The number of pyridine rings is 1. The first-order valence-electron chi connectivity index (χ1n) is 4.74. The highest BCUT2D eigenvalue weighted by Gasteiger charge is 2.15. The second-order valence-electron chi connectivity index (χ2n) is 2.76. The van der Waals surface area contributed by atoms with E-state index in [0.717, 1.165) is 14.8 Å². The highest BCUT2D eigenvalue weighted by atomic mass is 79.9. The lowest BCUT2D eigenvalue weighted by Crippen LogP contribution is -2.10. The molecule has 0 bridgehead atoms. The molecule has 0 saturated heterocycles. The van der Waals surface area contributed by atoms with E-state index in [1.165, 1.54) is 0 Å². The number of aromatic nitrogens is 1. The number of nitrogens with zero attached hydrogens (tertiary/aromatic N) is 1. The topological polar surface area (TPSA) is 31.4 Å². The summed E-state index contributed by atoms with van der Waals surface area (Å²) in [5, 5.41) is 0. The van der Waals surface area contributed by atoms with Gasteiger partial charge in [-0.15, -0.1) is 0 Å². The van der Waals surface area contributed by atoms with Crippen molar-refractivity contribution in [3.05, 3.63) is 26.9 Å². The zero-order valence-electron chi connectivity index (χ0n) is 8.67. The molecule has 0 amide bonds. The van der Waals surface area contributed by atoms with Crippen molar-refractivity contribution in [2.75, 3.05) is 13.2 Å². The summed E-state index contributed by atoms with van der Waals surface area (Å²) in [5.41, 5.74) is 0.905. The maximum absolute atomic E-state index is 5.48. The molecule has 84 valence electrons. The predicted molar refractivity (Wildman–Crippen MR) is 65.6 cm³/mol. The summed E-state index contributed by atoms with van der Waals surface area (Å²) in [6, 6.07) is 3.79. The van der Waals surface area contributed by atoms with Gasteiger partial charge in [-0.05, 0) is 57.8 Å². The molecule has 0 spiro atoms. The van der Waals surface area contributed by atoms with Gasteiger partial charge >= 0.3 is 0 Å². The van der Waals surface area contributed by atoms with Crippen molar-refractivity contribution in [2.24, 2.45) is 0 Å². The lowest BCUT2D eigenvalue weighted by Gasteiger charge is -2.17. The van der Waals surface area contributed by atoms with Crippen LogP contribution in [-0.2, 0) is 9.47 Å². The third kappa shape index (κ3) is 3.83. The molecule has 3 nitrogen and oxygen atoms in total. The number of hydrogen-bond acceptors (Lipinski definition) is 3. The molecule has 1 aromatic rings. The first kappa shape index (κ1) is 13.1. The van der Waals surface area contributed by atoms with E-state index in [1.54, 1.807) is 0 Å². The van der Waals surface area contributed by atoms with Crippen molar-refractivity contribution in [3.63, 3.8) is 0 Å². The molecule has 0 fully saturated rings. The van der Waals surface area contributed by atoms with Crippen molar-refractivity contribution >= 4 is 31.9 Å². The Bertz CT molecular complexity index is 314. The molecule has 0 aromatic carbocycles. The van der Waals surface area contributed by atoms with Crippen molar-refractivity contribution in [1.29, 1.82) is 0 Å². The Labute approximate surface area is 106 Å². The van der Waals surface area contributed by atoms with Crippen LogP contribution in [0.1, 0.15) is 25.7 Å². The fourth-order valence-electron chi connectivity index (χ4n) is 1.13. The highest BCUT2D eigenvalue weighted by Crippen LogP contribution is 2.27. The van der Waals surface area contributed by atoms with Gasteiger partial charge in [-0.1, -0.05) is 0 Å². The lowest BCUT2D eigenvalue weighted by atomic mass is 10.3. The quantitative estimate of drug-likeness (QED) is 0.606. The monoisotopic (exact) mass is 337 g/mol. The first-order chi connectivity index (χ1) is 7.19. The Morgan fingerprint density at radius 1 is 1.20 bits per heavy atom. The molecule has 0 N–H and O–H groups in total. The van der Waals surface area contributed by atoms with E-state index < -0.39 is 0 Å². The average molecular weight is 339 g/mol. The summed E-state index contributed by atoms with van der Waals surface area (Å²) in [4.78, 5) is 4.23. The van der Waals surface area contributed by atoms with Gasteiger partial charge in [-0.2, -0.15) is 0 Å². The third-order valence-electron chi connectivity index (χ3n) is 1.73. The van der Waals surface area contributed by atoms with Gasteiger partial charge in [-0.3, -0.25) is 0 Å². The SMILES string of the molecule is CCOC(OCC)c1ccc(Br)nc1Br. The van der Waals surface area contributed by atoms with Crippen LogP contribution in [0, 0.1) is 0 Å². The summed E-state index contributed by atoms with van der Waals surface area (Å²) < 4.78 is 12.5. The summed E-state index contributed by atoms with van der Waals surface area (Å²) in [6.07, 6.45) is -0.352. The highest BCUT2D eigenvalue weighted by molar-refractivity contribution is 9.11.